The van der Waals surface area contributed by atoms with Crippen LogP contribution in [0.3, 0.4) is 0 Å². The number of hydrogen-bond donors (Lipinski definition) is 1. The number of carbonyl (C=O) groups is 2. The van der Waals surface area contributed by atoms with E-state index in [2.05, 4.69) is 19.7 Å². The zero-order chi connectivity index (χ0) is 17.9. The van der Waals surface area contributed by atoms with Crippen LogP contribution in [0.1, 0.15) is 24.1 Å². The standard InChI is InChI=1S/C18H24N6O2/c25-17(4-1-14-9-20-21-10-14)22-5-7-23(8-6-22)18(26)15-2-3-16-11-19-13-24(16)12-15/h9-11,13,15H,1-8,12H2,(H,20,21). The van der Waals surface area contributed by atoms with E-state index in [9.17, 15) is 9.59 Å². The van der Waals surface area contributed by atoms with Crippen LogP contribution in [0.15, 0.2) is 24.9 Å². The van der Waals surface area contributed by atoms with Gasteiger partial charge in [-0.2, -0.15) is 5.10 Å². The first-order valence-corrected chi connectivity index (χ1v) is 9.24. The van der Waals surface area contributed by atoms with Crippen LogP contribution < -0.4 is 0 Å². The molecule has 138 valence electrons. The van der Waals surface area contributed by atoms with Crippen LogP contribution in [-0.4, -0.2) is 67.5 Å². The van der Waals surface area contributed by atoms with E-state index in [1.807, 2.05) is 28.5 Å². The van der Waals surface area contributed by atoms with Gasteiger partial charge in [0.1, 0.15) is 0 Å². The molecule has 2 aliphatic heterocycles. The van der Waals surface area contributed by atoms with E-state index >= 15 is 0 Å². The highest BCUT2D eigenvalue weighted by Gasteiger charge is 2.31. The molecular formula is C18H24N6O2. The lowest BCUT2D eigenvalue weighted by atomic mass is 9.96. The number of amides is 2. The molecule has 0 aromatic carbocycles. The maximum Gasteiger partial charge on any atom is 0.227 e. The minimum absolute atomic E-state index is 0.0278. The van der Waals surface area contributed by atoms with Crippen molar-refractivity contribution in [2.75, 3.05) is 26.2 Å². The number of aromatic nitrogens is 4. The Hall–Kier alpha value is -2.64. The molecule has 26 heavy (non-hydrogen) atoms. The summed E-state index contributed by atoms with van der Waals surface area (Å²) in [5.41, 5.74) is 2.26. The summed E-state index contributed by atoms with van der Waals surface area (Å²) >= 11 is 0. The molecular weight excluding hydrogens is 332 g/mol. The van der Waals surface area contributed by atoms with E-state index < -0.39 is 0 Å². The number of fused-ring (bicyclic) bond motifs is 1. The predicted octanol–water partition coefficient (Wildman–Crippen LogP) is 0.472. The van der Waals surface area contributed by atoms with Crippen molar-refractivity contribution in [2.24, 2.45) is 5.92 Å². The van der Waals surface area contributed by atoms with Crippen molar-refractivity contribution in [3.05, 3.63) is 36.2 Å². The van der Waals surface area contributed by atoms with Gasteiger partial charge in [-0.3, -0.25) is 14.7 Å². The van der Waals surface area contributed by atoms with Crippen LogP contribution in [0, 0.1) is 5.92 Å². The Balaban J connectivity index is 1.25. The number of nitrogens with one attached hydrogen (secondary N) is 1. The number of imidazole rings is 1. The van der Waals surface area contributed by atoms with Crippen LogP contribution in [-0.2, 0) is 29.0 Å². The highest BCUT2D eigenvalue weighted by atomic mass is 16.2. The molecule has 8 nitrogen and oxygen atoms in total. The first-order chi connectivity index (χ1) is 12.7. The predicted molar refractivity (Wildman–Crippen MR) is 94.1 cm³/mol. The van der Waals surface area contributed by atoms with E-state index in [-0.39, 0.29) is 17.7 Å². The second-order valence-corrected chi connectivity index (χ2v) is 7.09. The Labute approximate surface area is 152 Å². The smallest absolute Gasteiger partial charge is 0.227 e. The third-order valence-electron chi connectivity index (χ3n) is 5.44. The van der Waals surface area contributed by atoms with Crippen LogP contribution in [0.2, 0.25) is 0 Å². The summed E-state index contributed by atoms with van der Waals surface area (Å²) < 4.78 is 2.09. The van der Waals surface area contributed by atoms with Gasteiger partial charge in [-0.1, -0.05) is 0 Å². The molecule has 1 fully saturated rings. The van der Waals surface area contributed by atoms with Gasteiger partial charge < -0.3 is 14.4 Å². The van der Waals surface area contributed by atoms with Crippen LogP contribution in [0.5, 0.6) is 0 Å². The third kappa shape index (κ3) is 3.49. The monoisotopic (exact) mass is 356 g/mol. The number of piperazine rings is 1. The summed E-state index contributed by atoms with van der Waals surface area (Å²) in [4.78, 5) is 33.1. The highest BCUT2D eigenvalue weighted by Crippen LogP contribution is 2.22. The normalized spacial score (nSPS) is 20.1. The zero-order valence-electron chi connectivity index (χ0n) is 14.8. The summed E-state index contributed by atoms with van der Waals surface area (Å²) in [7, 11) is 0. The molecule has 0 radical (unpaired) electrons. The Morgan fingerprint density at radius 2 is 1.96 bits per heavy atom. The number of H-pyrrole nitrogens is 1. The maximum absolute atomic E-state index is 12.8. The lowest BCUT2D eigenvalue weighted by Crippen LogP contribution is -2.52. The average molecular weight is 356 g/mol. The number of aromatic amines is 1. The number of aryl methyl sites for hydroxylation is 2. The second-order valence-electron chi connectivity index (χ2n) is 7.09. The fourth-order valence-electron chi connectivity index (χ4n) is 3.83. The van der Waals surface area contributed by atoms with E-state index in [1.165, 1.54) is 5.69 Å². The van der Waals surface area contributed by atoms with Crippen molar-refractivity contribution in [1.82, 2.24) is 29.5 Å². The van der Waals surface area contributed by atoms with Gasteiger partial charge in [0.15, 0.2) is 0 Å². The van der Waals surface area contributed by atoms with Gasteiger partial charge in [0.25, 0.3) is 0 Å². The summed E-state index contributed by atoms with van der Waals surface area (Å²) in [5, 5.41) is 6.66. The van der Waals surface area contributed by atoms with E-state index in [4.69, 9.17) is 0 Å². The van der Waals surface area contributed by atoms with Crippen molar-refractivity contribution in [2.45, 2.75) is 32.2 Å². The van der Waals surface area contributed by atoms with Crippen LogP contribution >= 0.6 is 0 Å². The van der Waals surface area contributed by atoms with Gasteiger partial charge in [-0.15, -0.1) is 0 Å². The molecule has 2 aromatic heterocycles. The largest absolute Gasteiger partial charge is 0.339 e. The highest BCUT2D eigenvalue weighted by molar-refractivity contribution is 5.80. The Morgan fingerprint density at radius 3 is 2.73 bits per heavy atom. The third-order valence-corrected chi connectivity index (χ3v) is 5.44. The zero-order valence-corrected chi connectivity index (χ0v) is 14.8. The molecule has 4 heterocycles. The molecule has 4 rings (SSSR count). The van der Waals surface area contributed by atoms with E-state index in [0.717, 1.165) is 24.9 Å². The molecule has 0 bridgehead atoms. The number of carbonyl (C=O) groups excluding carboxylic acids is 2. The van der Waals surface area contributed by atoms with Crippen molar-refractivity contribution >= 4 is 11.8 Å². The molecule has 2 aromatic rings. The fraction of sp³-hybridized carbons (Fsp3) is 0.556. The van der Waals surface area contributed by atoms with Crippen molar-refractivity contribution in [1.29, 1.82) is 0 Å². The molecule has 0 saturated carbocycles. The molecule has 0 spiro atoms. The minimum Gasteiger partial charge on any atom is -0.339 e. The molecule has 1 saturated heterocycles. The second kappa shape index (κ2) is 7.31. The van der Waals surface area contributed by atoms with Gasteiger partial charge in [0, 0.05) is 57.2 Å². The molecule has 2 aliphatic rings. The molecule has 0 aliphatic carbocycles. The SMILES string of the molecule is O=C(CCc1cn[nH]c1)N1CCN(C(=O)C2CCc3cncn3C2)CC1. The summed E-state index contributed by atoms with van der Waals surface area (Å²) in [6.45, 7) is 3.23. The molecule has 2 amide bonds. The summed E-state index contributed by atoms with van der Waals surface area (Å²) in [6.07, 6.45) is 10.2. The number of hydrogen-bond acceptors (Lipinski definition) is 4. The van der Waals surface area contributed by atoms with Gasteiger partial charge >= 0.3 is 0 Å². The van der Waals surface area contributed by atoms with Gasteiger partial charge in [0.05, 0.1) is 18.4 Å². The van der Waals surface area contributed by atoms with Crippen molar-refractivity contribution in [3.63, 3.8) is 0 Å². The van der Waals surface area contributed by atoms with Gasteiger partial charge in [0.2, 0.25) is 11.8 Å². The Bertz CT molecular complexity index is 761. The molecule has 8 heteroatoms. The first kappa shape index (κ1) is 16.8. The summed E-state index contributed by atoms with van der Waals surface area (Å²) in [6, 6.07) is 0. The van der Waals surface area contributed by atoms with Crippen molar-refractivity contribution in [3.8, 4) is 0 Å². The first-order valence-electron chi connectivity index (χ1n) is 9.24. The Kier molecular flexibility index (Phi) is 4.73. The lowest BCUT2D eigenvalue weighted by Gasteiger charge is -2.37. The van der Waals surface area contributed by atoms with Gasteiger partial charge in [-0.25, -0.2) is 4.98 Å². The minimum atomic E-state index is 0.0278. The molecule has 1 unspecified atom stereocenters. The fourth-order valence-corrected chi connectivity index (χ4v) is 3.83. The quantitative estimate of drug-likeness (QED) is 0.863. The van der Waals surface area contributed by atoms with E-state index in [0.29, 0.717) is 39.0 Å². The number of rotatable bonds is 4. The molecule has 1 N–H and O–H groups in total. The Morgan fingerprint density at radius 1 is 1.15 bits per heavy atom. The molecule has 1 atom stereocenters. The number of nitrogens with zero attached hydrogens (tertiary/aromatic N) is 5. The lowest BCUT2D eigenvalue weighted by molar-refractivity contribution is -0.142. The van der Waals surface area contributed by atoms with Crippen molar-refractivity contribution < 1.29 is 9.59 Å². The van der Waals surface area contributed by atoms with Gasteiger partial charge in [-0.05, 0) is 24.8 Å². The average Bonchev–Trinajstić information content (AvgIpc) is 3.36. The van der Waals surface area contributed by atoms with Crippen LogP contribution in [0.25, 0.3) is 0 Å². The topological polar surface area (TPSA) is 87.1 Å². The maximum atomic E-state index is 12.8. The van der Waals surface area contributed by atoms with Crippen LogP contribution in [0.4, 0.5) is 0 Å². The summed E-state index contributed by atoms with van der Waals surface area (Å²) in [5.74, 6) is 0.397. The van der Waals surface area contributed by atoms with E-state index in [1.54, 1.807) is 6.20 Å².